The number of nitrogens with zero attached hydrogens (tertiary/aromatic N) is 1. The molecule has 0 aliphatic carbocycles. The number of methoxy groups -OCH3 is 1. The van der Waals surface area contributed by atoms with Gasteiger partial charge in [0, 0.05) is 18.9 Å². The van der Waals surface area contributed by atoms with E-state index in [1.165, 1.54) is 0 Å². The number of hydrogen-bond donors (Lipinski definition) is 1. The molecular weight excluding hydrogens is 312 g/mol. The first-order valence-electron chi connectivity index (χ1n) is 8.33. The van der Waals surface area contributed by atoms with Crippen LogP contribution in [-0.2, 0) is 11.3 Å². The van der Waals surface area contributed by atoms with Gasteiger partial charge < -0.3 is 14.6 Å². The first-order valence-corrected chi connectivity index (χ1v) is 8.33. The van der Waals surface area contributed by atoms with Crippen molar-refractivity contribution >= 4 is 5.91 Å². The summed E-state index contributed by atoms with van der Waals surface area (Å²) < 4.78 is 7.38. The van der Waals surface area contributed by atoms with Crippen molar-refractivity contribution < 1.29 is 9.53 Å². The van der Waals surface area contributed by atoms with E-state index in [1.807, 2.05) is 79.1 Å². The summed E-state index contributed by atoms with van der Waals surface area (Å²) in [5.41, 5.74) is 2.14. The fourth-order valence-electron chi connectivity index (χ4n) is 2.84. The summed E-state index contributed by atoms with van der Waals surface area (Å²) in [5, 5.41) is 3.01. The minimum Gasteiger partial charge on any atom is -0.497 e. The quantitative estimate of drug-likeness (QED) is 0.714. The third-order valence-corrected chi connectivity index (χ3v) is 4.18. The SMILES string of the molecule is COc1cccc([C@@H](CC(=O)NCc2ccccc2)n2cccc2)c1. The van der Waals surface area contributed by atoms with Crippen LogP contribution in [0.25, 0.3) is 0 Å². The molecule has 3 aromatic rings. The van der Waals surface area contributed by atoms with Crippen LogP contribution in [0.15, 0.2) is 79.1 Å². The van der Waals surface area contributed by atoms with Gasteiger partial charge in [-0.2, -0.15) is 0 Å². The fourth-order valence-corrected chi connectivity index (χ4v) is 2.84. The molecule has 0 bridgehead atoms. The van der Waals surface area contributed by atoms with Gasteiger partial charge in [0.15, 0.2) is 0 Å². The lowest BCUT2D eigenvalue weighted by atomic mass is 10.0. The first-order chi connectivity index (χ1) is 12.3. The van der Waals surface area contributed by atoms with Crippen LogP contribution in [0.4, 0.5) is 0 Å². The molecule has 1 heterocycles. The van der Waals surface area contributed by atoms with Crippen molar-refractivity contribution in [2.24, 2.45) is 0 Å². The van der Waals surface area contributed by atoms with Crippen LogP contribution in [0.2, 0.25) is 0 Å². The van der Waals surface area contributed by atoms with Crippen LogP contribution in [0.5, 0.6) is 5.75 Å². The van der Waals surface area contributed by atoms with Crippen molar-refractivity contribution in [2.75, 3.05) is 7.11 Å². The molecular formula is C21H22N2O2. The number of hydrogen-bond acceptors (Lipinski definition) is 2. The average Bonchev–Trinajstić information content (AvgIpc) is 3.20. The Balaban J connectivity index is 1.73. The van der Waals surface area contributed by atoms with E-state index < -0.39 is 0 Å². The van der Waals surface area contributed by atoms with E-state index >= 15 is 0 Å². The number of carbonyl (C=O) groups excluding carboxylic acids is 1. The average molecular weight is 334 g/mol. The van der Waals surface area contributed by atoms with Gasteiger partial charge in [0.05, 0.1) is 19.6 Å². The monoisotopic (exact) mass is 334 g/mol. The first kappa shape index (κ1) is 16.8. The molecule has 0 unspecified atom stereocenters. The number of carbonyl (C=O) groups is 1. The lowest BCUT2D eigenvalue weighted by Crippen LogP contribution is -2.26. The van der Waals surface area contributed by atoms with Crippen LogP contribution >= 0.6 is 0 Å². The van der Waals surface area contributed by atoms with Gasteiger partial charge in [-0.05, 0) is 35.4 Å². The summed E-state index contributed by atoms with van der Waals surface area (Å²) in [7, 11) is 1.65. The van der Waals surface area contributed by atoms with Gasteiger partial charge in [-0.3, -0.25) is 4.79 Å². The zero-order valence-corrected chi connectivity index (χ0v) is 14.3. The molecule has 3 rings (SSSR count). The molecule has 25 heavy (non-hydrogen) atoms. The zero-order valence-electron chi connectivity index (χ0n) is 14.3. The van der Waals surface area contributed by atoms with Crippen LogP contribution < -0.4 is 10.1 Å². The maximum absolute atomic E-state index is 12.5. The van der Waals surface area contributed by atoms with Crippen molar-refractivity contribution in [3.63, 3.8) is 0 Å². The molecule has 1 amide bonds. The third kappa shape index (κ3) is 4.51. The smallest absolute Gasteiger partial charge is 0.222 e. The normalized spacial score (nSPS) is 11.7. The van der Waals surface area contributed by atoms with Crippen molar-refractivity contribution in [3.05, 3.63) is 90.3 Å². The molecule has 128 valence electrons. The minimum atomic E-state index is -0.0686. The van der Waals surface area contributed by atoms with Crippen molar-refractivity contribution in [2.45, 2.75) is 19.0 Å². The molecule has 0 saturated heterocycles. The lowest BCUT2D eigenvalue weighted by molar-refractivity contribution is -0.121. The molecule has 0 fully saturated rings. The van der Waals surface area contributed by atoms with E-state index in [1.54, 1.807) is 7.11 Å². The van der Waals surface area contributed by atoms with Gasteiger partial charge in [0.25, 0.3) is 0 Å². The van der Waals surface area contributed by atoms with Crippen LogP contribution in [0, 0.1) is 0 Å². The number of ether oxygens (including phenoxy) is 1. The topological polar surface area (TPSA) is 43.3 Å². The third-order valence-electron chi connectivity index (χ3n) is 4.18. The van der Waals surface area contributed by atoms with Crippen LogP contribution in [0.3, 0.4) is 0 Å². The highest BCUT2D eigenvalue weighted by Gasteiger charge is 2.17. The Morgan fingerprint density at radius 3 is 2.52 bits per heavy atom. The van der Waals surface area contributed by atoms with E-state index in [9.17, 15) is 4.79 Å². The van der Waals surface area contributed by atoms with Gasteiger partial charge in [0.1, 0.15) is 5.75 Å². The molecule has 0 aliphatic heterocycles. The molecule has 4 nitrogen and oxygen atoms in total. The molecule has 1 N–H and O–H groups in total. The molecule has 4 heteroatoms. The second-order valence-corrected chi connectivity index (χ2v) is 5.89. The van der Waals surface area contributed by atoms with E-state index in [-0.39, 0.29) is 11.9 Å². The number of aromatic nitrogens is 1. The summed E-state index contributed by atoms with van der Waals surface area (Å²) >= 11 is 0. The molecule has 0 saturated carbocycles. The number of benzene rings is 2. The lowest BCUT2D eigenvalue weighted by Gasteiger charge is -2.20. The highest BCUT2D eigenvalue weighted by atomic mass is 16.5. The Morgan fingerprint density at radius 2 is 1.80 bits per heavy atom. The Labute approximate surface area is 148 Å². The standard InChI is InChI=1S/C21H22N2O2/c1-25-19-11-7-10-18(14-19)20(23-12-5-6-13-23)15-21(24)22-16-17-8-3-2-4-9-17/h2-14,20H,15-16H2,1H3,(H,22,24)/t20-/m1/s1. The Bertz CT molecular complexity index is 798. The Morgan fingerprint density at radius 1 is 1.04 bits per heavy atom. The maximum Gasteiger partial charge on any atom is 0.222 e. The van der Waals surface area contributed by atoms with Gasteiger partial charge in [0.2, 0.25) is 5.91 Å². The molecule has 0 radical (unpaired) electrons. The van der Waals surface area contributed by atoms with E-state index in [4.69, 9.17) is 4.74 Å². The van der Waals surface area contributed by atoms with Gasteiger partial charge in [-0.15, -0.1) is 0 Å². The van der Waals surface area contributed by atoms with Gasteiger partial charge in [-0.25, -0.2) is 0 Å². The molecule has 2 aromatic carbocycles. The zero-order chi connectivity index (χ0) is 17.5. The van der Waals surface area contributed by atoms with Crippen LogP contribution in [0.1, 0.15) is 23.6 Å². The van der Waals surface area contributed by atoms with Crippen molar-refractivity contribution in [1.82, 2.24) is 9.88 Å². The summed E-state index contributed by atoms with van der Waals surface area (Å²) in [6, 6.07) is 21.7. The van der Waals surface area contributed by atoms with Gasteiger partial charge >= 0.3 is 0 Å². The Kier molecular flexibility index (Phi) is 5.52. The summed E-state index contributed by atoms with van der Waals surface area (Å²) in [6.45, 7) is 0.538. The maximum atomic E-state index is 12.5. The molecule has 1 aromatic heterocycles. The van der Waals surface area contributed by atoms with Crippen LogP contribution in [-0.4, -0.2) is 17.6 Å². The summed E-state index contributed by atoms with van der Waals surface area (Å²) in [6.07, 6.45) is 4.33. The van der Waals surface area contributed by atoms with Crippen molar-refractivity contribution in [1.29, 1.82) is 0 Å². The molecule has 0 aliphatic rings. The highest BCUT2D eigenvalue weighted by Crippen LogP contribution is 2.25. The number of nitrogens with one attached hydrogen (secondary N) is 1. The summed E-state index contributed by atoms with van der Waals surface area (Å²) in [5.74, 6) is 0.810. The van der Waals surface area contributed by atoms with E-state index in [0.29, 0.717) is 13.0 Å². The predicted molar refractivity (Wildman–Crippen MR) is 98.5 cm³/mol. The second kappa shape index (κ2) is 8.20. The summed E-state index contributed by atoms with van der Waals surface area (Å²) in [4.78, 5) is 12.5. The largest absolute Gasteiger partial charge is 0.497 e. The van der Waals surface area contributed by atoms with Gasteiger partial charge in [-0.1, -0.05) is 42.5 Å². The highest BCUT2D eigenvalue weighted by molar-refractivity contribution is 5.76. The van der Waals surface area contributed by atoms with Crippen molar-refractivity contribution in [3.8, 4) is 5.75 Å². The second-order valence-electron chi connectivity index (χ2n) is 5.89. The molecule has 1 atom stereocenters. The van der Waals surface area contributed by atoms with E-state index in [2.05, 4.69) is 9.88 Å². The Hall–Kier alpha value is -3.01. The predicted octanol–water partition coefficient (Wildman–Crippen LogP) is 3.79. The number of rotatable bonds is 7. The fraction of sp³-hybridized carbons (Fsp3) is 0.190. The number of amides is 1. The van der Waals surface area contributed by atoms with E-state index in [0.717, 1.165) is 16.9 Å². The molecule has 0 spiro atoms. The minimum absolute atomic E-state index is 0.0189.